The number of carbonyl (C=O) groups excluding carboxylic acids is 3. The standard InChI is InChI=1S/C21H21NO6/c1-26-8-3-4-11(12(5-8)27-2)22-13(23)7-28-20(25)21-16-10-6-9-14(16)18(21)19(24)15(9)17(10)21/h3-5,9-10,14-18H,6-7H2,1-2H3,(H,22,23). The van der Waals surface area contributed by atoms with Crippen LogP contribution in [-0.4, -0.2) is 38.5 Å². The molecule has 8 unspecified atom stereocenters. The molecule has 6 saturated carbocycles. The highest BCUT2D eigenvalue weighted by molar-refractivity contribution is 6.03. The highest BCUT2D eigenvalue weighted by Gasteiger charge is 2.96. The SMILES string of the molecule is COc1ccc(NC(=O)COC(=O)C23C4C(=O)C5C6CC(C52)C3C64)c(OC)c1. The molecule has 6 aliphatic rings. The number of nitrogens with one attached hydrogen (secondary N) is 1. The Morgan fingerprint density at radius 3 is 2.71 bits per heavy atom. The number of Topliss-reactive ketones (excluding diaryl/α,β-unsaturated/α-hetero) is 1. The van der Waals surface area contributed by atoms with Gasteiger partial charge in [-0.05, 0) is 48.1 Å². The molecule has 146 valence electrons. The normalized spacial score (nSPS) is 42.1. The molecule has 28 heavy (non-hydrogen) atoms. The smallest absolute Gasteiger partial charge is 0.313 e. The van der Waals surface area contributed by atoms with Crippen molar-refractivity contribution in [3.63, 3.8) is 0 Å². The number of ketones is 1. The third kappa shape index (κ3) is 1.54. The molecule has 1 amide bonds. The first-order chi connectivity index (χ1) is 13.5. The molecule has 6 aliphatic carbocycles. The fourth-order valence-corrected chi connectivity index (χ4v) is 7.72. The van der Waals surface area contributed by atoms with E-state index in [1.54, 1.807) is 25.3 Å². The van der Waals surface area contributed by atoms with E-state index in [1.807, 2.05) is 0 Å². The van der Waals surface area contributed by atoms with Crippen molar-refractivity contribution in [1.82, 2.24) is 0 Å². The van der Waals surface area contributed by atoms with Crippen molar-refractivity contribution in [2.75, 3.05) is 26.1 Å². The van der Waals surface area contributed by atoms with Gasteiger partial charge in [0.25, 0.3) is 5.91 Å². The fraction of sp³-hybridized carbons (Fsp3) is 0.571. The molecule has 1 aromatic rings. The fourth-order valence-electron chi connectivity index (χ4n) is 7.72. The minimum absolute atomic E-state index is 0.0925. The zero-order valence-electron chi connectivity index (χ0n) is 15.6. The van der Waals surface area contributed by atoms with Crippen LogP contribution in [0.3, 0.4) is 0 Å². The van der Waals surface area contributed by atoms with Crippen molar-refractivity contribution in [3.8, 4) is 11.5 Å². The summed E-state index contributed by atoms with van der Waals surface area (Å²) >= 11 is 0. The lowest BCUT2D eigenvalue weighted by Gasteiger charge is -2.69. The molecular formula is C21H21NO6. The zero-order valence-corrected chi connectivity index (χ0v) is 15.6. The third-order valence-corrected chi connectivity index (χ3v) is 8.23. The number of carbonyl (C=O) groups is 3. The number of anilines is 1. The van der Waals surface area contributed by atoms with Crippen LogP contribution in [-0.2, 0) is 19.1 Å². The summed E-state index contributed by atoms with van der Waals surface area (Å²) in [7, 11) is 3.05. The molecule has 0 saturated heterocycles. The van der Waals surface area contributed by atoms with Crippen molar-refractivity contribution in [3.05, 3.63) is 18.2 Å². The lowest BCUT2D eigenvalue weighted by molar-refractivity contribution is -0.263. The minimum atomic E-state index is -0.595. The zero-order chi connectivity index (χ0) is 19.4. The first-order valence-electron chi connectivity index (χ1n) is 9.76. The molecule has 1 aromatic carbocycles. The second kappa shape index (κ2) is 5.07. The third-order valence-electron chi connectivity index (χ3n) is 8.23. The highest BCUT2D eigenvalue weighted by atomic mass is 16.5. The topological polar surface area (TPSA) is 90.9 Å². The maximum Gasteiger partial charge on any atom is 0.313 e. The number of esters is 1. The Hall–Kier alpha value is -2.57. The predicted octanol–water partition coefficient (Wildman–Crippen LogP) is 1.51. The Balaban J connectivity index is 1.13. The van der Waals surface area contributed by atoms with Crippen LogP contribution in [0.1, 0.15) is 6.42 Å². The van der Waals surface area contributed by atoms with E-state index in [9.17, 15) is 14.4 Å². The molecule has 0 spiro atoms. The number of amides is 1. The van der Waals surface area contributed by atoms with E-state index in [4.69, 9.17) is 14.2 Å². The number of ether oxygens (including phenoxy) is 3. The van der Waals surface area contributed by atoms with Gasteiger partial charge in [0.1, 0.15) is 17.3 Å². The maximum absolute atomic E-state index is 12.9. The molecule has 0 aliphatic heterocycles. The van der Waals surface area contributed by atoms with Crippen LogP contribution in [0.4, 0.5) is 5.69 Å². The molecule has 8 atom stereocenters. The van der Waals surface area contributed by atoms with Gasteiger partial charge in [-0.3, -0.25) is 14.4 Å². The van der Waals surface area contributed by atoms with Gasteiger partial charge in [-0.2, -0.15) is 0 Å². The van der Waals surface area contributed by atoms with E-state index < -0.39 is 11.3 Å². The number of hydrogen-bond donors (Lipinski definition) is 1. The van der Waals surface area contributed by atoms with E-state index in [-0.39, 0.29) is 30.3 Å². The van der Waals surface area contributed by atoms with Gasteiger partial charge in [-0.15, -0.1) is 0 Å². The van der Waals surface area contributed by atoms with Gasteiger partial charge < -0.3 is 19.5 Å². The van der Waals surface area contributed by atoms with Crippen molar-refractivity contribution < 1.29 is 28.6 Å². The second-order valence-corrected chi connectivity index (χ2v) is 8.72. The number of hydrogen-bond acceptors (Lipinski definition) is 6. The summed E-state index contributed by atoms with van der Waals surface area (Å²) in [5, 5.41) is 2.70. The molecular weight excluding hydrogens is 362 g/mol. The first-order valence-corrected chi connectivity index (χ1v) is 9.76. The summed E-state index contributed by atoms with van der Waals surface area (Å²) in [6.07, 6.45) is 1.11. The van der Waals surface area contributed by atoms with E-state index in [0.717, 1.165) is 6.42 Å². The summed E-state index contributed by atoms with van der Waals surface area (Å²) < 4.78 is 15.8. The van der Waals surface area contributed by atoms with Crippen molar-refractivity contribution >= 4 is 23.3 Å². The van der Waals surface area contributed by atoms with Crippen LogP contribution >= 0.6 is 0 Å². The molecule has 7 rings (SSSR count). The maximum atomic E-state index is 12.9. The van der Waals surface area contributed by atoms with Gasteiger partial charge in [0.05, 0.1) is 25.3 Å². The molecule has 0 heterocycles. The van der Waals surface area contributed by atoms with Gasteiger partial charge in [0.15, 0.2) is 6.61 Å². The average molecular weight is 383 g/mol. The Morgan fingerprint density at radius 1 is 1.18 bits per heavy atom. The highest BCUT2D eigenvalue weighted by Crippen LogP contribution is 2.92. The van der Waals surface area contributed by atoms with Gasteiger partial charge in [0, 0.05) is 17.9 Å². The Kier molecular flexibility index (Phi) is 2.97. The van der Waals surface area contributed by atoms with Crippen molar-refractivity contribution in [2.45, 2.75) is 6.42 Å². The minimum Gasteiger partial charge on any atom is -0.497 e. The quantitative estimate of drug-likeness (QED) is 0.749. The Bertz CT molecular complexity index is 943. The van der Waals surface area contributed by atoms with Crippen LogP contribution in [0, 0.1) is 46.8 Å². The summed E-state index contributed by atoms with van der Waals surface area (Å²) in [5.41, 5.74) is -0.118. The Labute approximate surface area is 161 Å². The molecule has 7 heteroatoms. The summed E-state index contributed by atoms with van der Waals surface area (Å²) in [6.45, 7) is -0.362. The van der Waals surface area contributed by atoms with Gasteiger partial charge in [-0.1, -0.05) is 0 Å². The largest absolute Gasteiger partial charge is 0.497 e. The molecule has 0 aromatic heterocycles. The van der Waals surface area contributed by atoms with Gasteiger partial charge in [0.2, 0.25) is 0 Å². The van der Waals surface area contributed by atoms with E-state index in [0.29, 0.717) is 46.6 Å². The van der Waals surface area contributed by atoms with Gasteiger partial charge >= 0.3 is 5.97 Å². The summed E-state index contributed by atoms with van der Waals surface area (Å²) in [6, 6.07) is 5.04. The number of methoxy groups -OCH3 is 2. The first kappa shape index (κ1) is 16.4. The number of rotatable bonds is 6. The Morgan fingerprint density at radius 2 is 2.00 bits per heavy atom. The second-order valence-electron chi connectivity index (χ2n) is 8.72. The lowest BCUT2D eigenvalue weighted by atomic mass is 9.32. The van der Waals surface area contributed by atoms with Crippen molar-refractivity contribution in [2.24, 2.45) is 46.8 Å². The van der Waals surface area contributed by atoms with Crippen LogP contribution in [0.5, 0.6) is 11.5 Å². The van der Waals surface area contributed by atoms with Crippen LogP contribution in [0.15, 0.2) is 18.2 Å². The molecule has 0 radical (unpaired) electrons. The van der Waals surface area contributed by atoms with Crippen LogP contribution in [0.25, 0.3) is 0 Å². The average Bonchev–Trinajstić information content (AvgIpc) is 3.21. The van der Waals surface area contributed by atoms with Crippen molar-refractivity contribution in [1.29, 1.82) is 0 Å². The predicted molar refractivity (Wildman–Crippen MR) is 95.6 cm³/mol. The monoisotopic (exact) mass is 383 g/mol. The van der Waals surface area contributed by atoms with E-state index in [2.05, 4.69) is 5.32 Å². The van der Waals surface area contributed by atoms with Crippen LogP contribution in [0.2, 0.25) is 0 Å². The van der Waals surface area contributed by atoms with Crippen LogP contribution < -0.4 is 14.8 Å². The number of benzene rings is 1. The lowest BCUT2D eigenvalue weighted by Crippen LogP contribution is -2.73. The molecule has 7 nitrogen and oxygen atoms in total. The molecule has 4 bridgehead atoms. The van der Waals surface area contributed by atoms with Gasteiger partial charge in [-0.25, -0.2) is 0 Å². The summed E-state index contributed by atoms with van der Waals surface area (Å²) in [4.78, 5) is 37.8. The van der Waals surface area contributed by atoms with E-state index in [1.165, 1.54) is 7.11 Å². The molecule has 6 fully saturated rings. The van der Waals surface area contributed by atoms with E-state index >= 15 is 0 Å². The molecule has 1 N–H and O–H groups in total. The summed E-state index contributed by atoms with van der Waals surface area (Å²) in [5.74, 6) is 2.53.